The zero-order valence-corrected chi connectivity index (χ0v) is 14.0. The van der Waals surface area contributed by atoms with Gasteiger partial charge in [0.05, 0.1) is 11.3 Å². The predicted molar refractivity (Wildman–Crippen MR) is 85.3 cm³/mol. The van der Waals surface area contributed by atoms with Crippen molar-refractivity contribution in [2.45, 2.75) is 11.1 Å². The summed E-state index contributed by atoms with van der Waals surface area (Å²) in [5.41, 5.74) is -3.30. The van der Waals surface area contributed by atoms with E-state index in [9.17, 15) is 30.4 Å². The number of halogens is 5. The Morgan fingerprint density at radius 2 is 1.78 bits per heavy atom. The highest BCUT2D eigenvalue weighted by Crippen LogP contribution is 2.40. The standard InChI is InChI=1S/C16H10F5N3O2S/c17-10-2-3-13(18)11(8-10)9-6-12(16(19,20)21)15(24-5-1-4-23-24)14(7-9)27(22,25)26/h1-8H,(H2,22,25,26). The summed E-state index contributed by atoms with van der Waals surface area (Å²) in [4.78, 5) is -0.931. The van der Waals surface area contributed by atoms with Crippen molar-refractivity contribution in [1.82, 2.24) is 9.78 Å². The molecule has 0 aliphatic carbocycles. The third-order valence-corrected chi connectivity index (χ3v) is 4.58. The molecule has 0 saturated carbocycles. The summed E-state index contributed by atoms with van der Waals surface area (Å²) < 4.78 is 93.0. The molecule has 0 aliphatic heterocycles. The average molecular weight is 403 g/mol. The molecule has 142 valence electrons. The molecule has 0 radical (unpaired) electrons. The van der Waals surface area contributed by atoms with Crippen LogP contribution in [0.15, 0.2) is 53.7 Å². The molecule has 0 fully saturated rings. The molecule has 2 N–H and O–H groups in total. The van der Waals surface area contributed by atoms with Crippen LogP contribution in [0.5, 0.6) is 0 Å². The maximum absolute atomic E-state index is 14.0. The number of aromatic nitrogens is 2. The topological polar surface area (TPSA) is 78.0 Å². The summed E-state index contributed by atoms with van der Waals surface area (Å²) >= 11 is 0. The Bertz CT molecular complexity index is 1110. The number of alkyl halides is 3. The number of primary sulfonamides is 1. The highest BCUT2D eigenvalue weighted by atomic mass is 32.2. The molecule has 0 aliphatic rings. The highest BCUT2D eigenvalue weighted by molar-refractivity contribution is 7.89. The molecular formula is C16H10F5N3O2S. The van der Waals surface area contributed by atoms with Crippen LogP contribution in [0.2, 0.25) is 0 Å². The fourth-order valence-corrected chi connectivity index (χ4v) is 3.32. The highest BCUT2D eigenvalue weighted by Gasteiger charge is 2.38. The van der Waals surface area contributed by atoms with Gasteiger partial charge in [0.25, 0.3) is 0 Å². The molecule has 27 heavy (non-hydrogen) atoms. The van der Waals surface area contributed by atoms with Gasteiger partial charge in [-0.05, 0) is 42.0 Å². The van der Waals surface area contributed by atoms with Gasteiger partial charge in [-0.15, -0.1) is 0 Å². The second kappa shape index (κ2) is 6.43. The third kappa shape index (κ3) is 3.69. The van der Waals surface area contributed by atoms with Gasteiger partial charge in [0, 0.05) is 18.0 Å². The maximum atomic E-state index is 14.0. The van der Waals surface area contributed by atoms with Crippen LogP contribution in [-0.4, -0.2) is 18.2 Å². The minimum Gasteiger partial charge on any atom is -0.239 e. The van der Waals surface area contributed by atoms with E-state index in [1.54, 1.807) is 0 Å². The van der Waals surface area contributed by atoms with Crippen molar-refractivity contribution in [1.29, 1.82) is 0 Å². The van der Waals surface area contributed by atoms with E-state index < -0.39 is 55.1 Å². The third-order valence-electron chi connectivity index (χ3n) is 3.66. The lowest BCUT2D eigenvalue weighted by atomic mass is 10.0. The Balaban J connectivity index is 2.45. The van der Waals surface area contributed by atoms with Crippen molar-refractivity contribution in [3.63, 3.8) is 0 Å². The van der Waals surface area contributed by atoms with Crippen molar-refractivity contribution in [3.8, 4) is 16.8 Å². The van der Waals surface area contributed by atoms with E-state index in [1.165, 1.54) is 6.07 Å². The molecule has 1 aromatic heterocycles. The average Bonchev–Trinajstić information content (AvgIpc) is 3.08. The van der Waals surface area contributed by atoms with E-state index in [0.29, 0.717) is 16.8 Å². The normalized spacial score (nSPS) is 12.4. The van der Waals surface area contributed by atoms with E-state index >= 15 is 0 Å². The number of nitrogens with two attached hydrogens (primary N) is 1. The van der Waals surface area contributed by atoms with Crippen molar-refractivity contribution in [2.24, 2.45) is 5.14 Å². The van der Waals surface area contributed by atoms with E-state index in [1.807, 2.05) is 0 Å². The molecule has 0 unspecified atom stereocenters. The van der Waals surface area contributed by atoms with E-state index in [4.69, 9.17) is 5.14 Å². The number of nitrogens with zero attached hydrogens (tertiary/aromatic N) is 2. The van der Waals surface area contributed by atoms with Gasteiger partial charge in [0.1, 0.15) is 16.5 Å². The monoisotopic (exact) mass is 403 g/mol. The lowest BCUT2D eigenvalue weighted by Gasteiger charge is -2.18. The van der Waals surface area contributed by atoms with Gasteiger partial charge in [-0.3, -0.25) is 0 Å². The second-order valence-corrected chi connectivity index (χ2v) is 7.02. The number of benzene rings is 2. The second-order valence-electron chi connectivity index (χ2n) is 5.49. The Morgan fingerprint density at radius 3 is 2.33 bits per heavy atom. The summed E-state index contributed by atoms with van der Waals surface area (Å²) in [6.07, 6.45) is -2.78. The van der Waals surface area contributed by atoms with Gasteiger partial charge in [-0.25, -0.2) is 27.0 Å². The van der Waals surface area contributed by atoms with Crippen LogP contribution in [0.3, 0.4) is 0 Å². The van der Waals surface area contributed by atoms with Crippen LogP contribution in [-0.2, 0) is 16.2 Å². The number of sulfonamides is 1. The molecule has 0 atom stereocenters. The Hall–Kier alpha value is -2.79. The quantitative estimate of drug-likeness (QED) is 0.680. The van der Waals surface area contributed by atoms with Crippen LogP contribution in [0, 0.1) is 11.6 Å². The largest absolute Gasteiger partial charge is 0.418 e. The van der Waals surface area contributed by atoms with Crippen LogP contribution in [0.25, 0.3) is 16.8 Å². The predicted octanol–water partition coefficient (Wildman–Crippen LogP) is 3.48. The molecule has 0 saturated heterocycles. The molecule has 0 amide bonds. The van der Waals surface area contributed by atoms with Gasteiger partial charge in [0.15, 0.2) is 0 Å². The Morgan fingerprint density at radius 1 is 1.07 bits per heavy atom. The van der Waals surface area contributed by atoms with Crippen LogP contribution < -0.4 is 5.14 Å². The minimum absolute atomic E-state index is 0.501. The van der Waals surface area contributed by atoms with Crippen molar-refractivity contribution in [2.75, 3.05) is 0 Å². The van der Waals surface area contributed by atoms with Gasteiger partial charge >= 0.3 is 6.18 Å². The summed E-state index contributed by atoms with van der Waals surface area (Å²) in [5, 5.41) is 8.72. The zero-order chi connectivity index (χ0) is 20.0. The minimum atomic E-state index is -5.03. The molecule has 1 heterocycles. The fraction of sp³-hybridized carbons (Fsp3) is 0.0625. The molecule has 3 aromatic rings. The lowest BCUT2D eigenvalue weighted by Crippen LogP contribution is -2.20. The molecular weight excluding hydrogens is 393 g/mol. The Labute approximate surface area is 149 Å². The number of hydrogen-bond acceptors (Lipinski definition) is 3. The first-order chi connectivity index (χ1) is 12.5. The van der Waals surface area contributed by atoms with Gasteiger partial charge in [-0.1, -0.05) is 0 Å². The summed E-state index contributed by atoms with van der Waals surface area (Å²) in [6.45, 7) is 0. The molecule has 5 nitrogen and oxygen atoms in total. The van der Waals surface area contributed by atoms with Gasteiger partial charge < -0.3 is 0 Å². The molecule has 2 aromatic carbocycles. The van der Waals surface area contributed by atoms with Crippen molar-refractivity contribution in [3.05, 3.63) is 66.0 Å². The first kappa shape index (κ1) is 19.0. The molecule has 0 spiro atoms. The van der Waals surface area contributed by atoms with E-state index in [0.717, 1.165) is 30.6 Å². The molecule has 3 rings (SSSR count). The first-order valence-electron chi connectivity index (χ1n) is 7.22. The molecule has 0 bridgehead atoms. The van der Waals surface area contributed by atoms with Gasteiger partial charge in [-0.2, -0.15) is 18.3 Å². The van der Waals surface area contributed by atoms with Crippen molar-refractivity contribution >= 4 is 10.0 Å². The lowest BCUT2D eigenvalue weighted by molar-refractivity contribution is -0.137. The zero-order valence-electron chi connectivity index (χ0n) is 13.2. The summed E-state index contributed by atoms with van der Waals surface area (Å²) in [6, 6.07) is 4.71. The summed E-state index contributed by atoms with van der Waals surface area (Å²) in [5.74, 6) is -1.94. The van der Waals surface area contributed by atoms with Crippen molar-refractivity contribution < 1.29 is 30.4 Å². The van der Waals surface area contributed by atoms with Crippen LogP contribution >= 0.6 is 0 Å². The van der Waals surface area contributed by atoms with Crippen LogP contribution in [0.4, 0.5) is 22.0 Å². The summed E-state index contributed by atoms with van der Waals surface area (Å²) in [7, 11) is -4.67. The van der Waals surface area contributed by atoms with Crippen LogP contribution in [0.1, 0.15) is 5.56 Å². The number of rotatable bonds is 3. The smallest absolute Gasteiger partial charge is 0.239 e. The van der Waals surface area contributed by atoms with Gasteiger partial charge in [0.2, 0.25) is 10.0 Å². The van der Waals surface area contributed by atoms with E-state index in [2.05, 4.69) is 5.10 Å². The SMILES string of the molecule is NS(=O)(=O)c1cc(-c2cc(F)ccc2F)cc(C(F)(F)F)c1-n1cccn1. The number of hydrogen-bond donors (Lipinski definition) is 1. The fourth-order valence-electron chi connectivity index (χ4n) is 2.55. The first-order valence-corrected chi connectivity index (χ1v) is 8.76. The Kier molecular flexibility index (Phi) is 4.52. The van der Waals surface area contributed by atoms with E-state index in [-0.39, 0.29) is 0 Å². The molecule has 11 heteroatoms. The maximum Gasteiger partial charge on any atom is 0.418 e.